The van der Waals surface area contributed by atoms with E-state index in [9.17, 15) is 0 Å². The van der Waals surface area contributed by atoms with E-state index in [0.29, 0.717) is 0 Å². The van der Waals surface area contributed by atoms with Crippen molar-refractivity contribution in [1.82, 2.24) is 5.32 Å². The summed E-state index contributed by atoms with van der Waals surface area (Å²) in [6.07, 6.45) is 15.5. The standard InChI is InChI=1S/C15H23N3/c1-5-8-10-14(9-6-2)12-18-15(16-4)13-17-11-7-3/h5-11,13H,12H2,1-4H3,(H,16,18)/b8-5-,9-6-,11-7+,14-10+,17-13?. The van der Waals surface area contributed by atoms with Gasteiger partial charge in [-0.05, 0) is 26.3 Å². The van der Waals surface area contributed by atoms with Crippen LogP contribution in [0.25, 0.3) is 0 Å². The molecule has 0 saturated carbocycles. The third kappa shape index (κ3) is 8.28. The van der Waals surface area contributed by atoms with Crippen molar-refractivity contribution in [3.63, 3.8) is 0 Å². The Labute approximate surface area is 110 Å². The molecule has 18 heavy (non-hydrogen) atoms. The fourth-order valence-electron chi connectivity index (χ4n) is 1.18. The Morgan fingerprint density at radius 1 is 1.11 bits per heavy atom. The number of hydrogen-bond donors (Lipinski definition) is 1. The Hall–Kier alpha value is -1.90. The van der Waals surface area contributed by atoms with Crippen molar-refractivity contribution in [3.05, 3.63) is 48.2 Å². The summed E-state index contributed by atoms with van der Waals surface area (Å²) < 4.78 is 0. The molecule has 0 heterocycles. The first-order valence-electron chi connectivity index (χ1n) is 6.08. The van der Waals surface area contributed by atoms with Crippen LogP contribution < -0.4 is 5.32 Å². The summed E-state index contributed by atoms with van der Waals surface area (Å²) in [6, 6.07) is 0. The number of nitrogens with zero attached hydrogens (tertiary/aromatic N) is 2. The molecule has 0 saturated heterocycles. The monoisotopic (exact) mass is 245 g/mol. The third-order valence-corrected chi connectivity index (χ3v) is 2.03. The Balaban J connectivity index is 4.49. The van der Waals surface area contributed by atoms with Crippen LogP contribution in [0.3, 0.4) is 0 Å². The van der Waals surface area contributed by atoms with Gasteiger partial charge in [0.2, 0.25) is 0 Å². The second kappa shape index (κ2) is 11.6. The van der Waals surface area contributed by atoms with E-state index in [1.165, 1.54) is 5.57 Å². The minimum atomic E-state index is 0.725. The lowest BCUT2D eigenvalue weighted by Gasteiger charge is -2.05. The van der Waals surface area contributed by atoms with Crippen LogP contribution in [-0.4, -0.2) is 25.6 Å². The van der Waals surface area contributed by atoms with E-state index in [2.05, 4.69) is 27.5 Å². The molecule has 98 valence electrons. The van der Waals surface area contributed by atoms with Gasteiger partial charge in [0.1, 0.15) is 5.84 Å². The Morgan fingerprint density at radius 2 is 1.89 bits per heavy atom. The first-order valence-corrected chi connectivity index (χ1v) is 6.08. The predicted octanol–water partition coefficient (Wildman–Crippen LogP) is 3.29. The SMILES string of the molecule is C\C=C/C=C(\C=C/C)CNC(C=N/C=C/C)=NC. The van der Waals surface area contributed by atoms with Crippen LogP contribution in [0.15, 0.2) is 58.2 Å². The maximum atomic E-state index is 4.13. The highest BCUT2D eigenvalue weighted by Gasteiger charge is 1.94. The molecular formula is C15H23N3. The number of hydrogen-bond acceptors (Lipinski definition) is 2. The molecule has 3 nitrogen and oxygen atoms in total. The largest absolute Gasteiger partial charge is 0.365 e. The van der Waals surface area contributed by atoms with Crippen molar-refractivity contribution in [2.24, 2.45) is 9.98 Å². The van der Waals surface area contributed by atoms with Crippen LogP contribution in [0, 0.1) is 0 Å². The number of amidine groups is 1. The summed E-state index contributed by atoms with van der Waals surface area (Å²) in [6.45, 7) is 6.66. The normalized spacial score (nSPS) is 14.7. The zero-order valence-electron chi connectivity index (χ0n) is 11.7. The molecule has 0 aliphatic rings. The Bertz CT molecular complexity index is 383. The second-order valence-electron chi connectivity index (χ2n) is 3.49. The van der Waals surface area contributed by atoms with Crippen molar-refractivity contribution < 1.29 is 0 Å². The molecule has 0 aromatic carbocycles. The summed E-state index contributed by atoms with van der Waals surface area (Å²) >= 11 is 0. The molecule has 0 rings (SSSR count). The number of allylic oxidation sites excluding steroid dienone is 5. The van der Waals surface area contributed by atoms with Gasteiger partial charge in [-0.1, -0.05) is 36.5 Å². The van der Waals surface area contributed by atoms with Crippen LogP contribution in [0.2, 0.25) is 0 Å². The van der Waals surface area contributed by atoms with E-state index in [0.717, 1.165) is 12.4 Å². The molecule has 0 fully saturated rings. The fraction of sp³-hybridized carbons (Fsp3) is 0.333. The van der Waals surface area contributed by atoms with E-state index in [1.807, 2.05) is 45.1 Å². The van der Waals surface area contributed by atoms with Gasteiger partial charge >= 0.3 is 0 Å². The van der Waals surface area contributed by atoms with Gasteiger partial charge in [-0.25, -0.2) is 0 Å². The molecule has 3 heteroatoms. The second-order valence-corrected chi connectivity index (χ2v) is 3.49. The van der Waals surface area contributed by atoms with Crippen LogP contribution in [0.1, 0.15) is 20.8 Å². The van der Waals surface area contributed by atoms with Gasteiger partial charge < -0.3 is 5.32 Å². The summed E-state index contributed by atoms with van der Waals surface area (Å²) in [4.78, 5) is 8.22. The highest BCUT2D eigenvalue weighted by molar-refractivity contribution is 6.29. The van der Waals surface area contributed by atoms with E-state index in [1.54, 1.807) is 19.5 Å². The van der Waals surface area contributed by atoms with Crippen molar-refractivity contribution in [3.8, 4) is 0 Å². The van der Waals surface area contributed by atoms with Crippen LogP contribution >= 0.6 is 0 Å². The van der Waals surface area contributed by atoms with Gasteiger partial charge in [-0.15, -0.1) is 0 Å². The van der Waals surface area contributed by atoms with Crippen molar-refractivity contribution in [2.75, 3.05) is 13.6 Å². The van der Waals surface area contributed by atoms with Gasteiger partial charge in [0, 0.05) is 19.8 Å². The summed E-state index contributed by atoms with van der Waals surface area (Å²) in [7, 11) is 1.75. The molecule has 0 amide bonds. The molecule has 0 spiro atoms. The summed E-state index contributed by atoms with van der Waals surface area (Å²) in [5.41, 5.74) is 1.19. The van der Waals surface area contributed by atoms with Crippen LogP contribution in [0.4, 0.5) is 0 Å². The first-order chi connectivity index (χ1) is 8.78. The van der Waals surface area contributed by atoms with Crippen molar-refractivity contribution in [1.29, 1.82) is 0 Å². The molecule has 0 unspecified atom stereocenters. The first kappa shape index (κ1) is 16.1. The average molecular weight is 245 g/mol. The highest BCUT2D eigenvalue weighted by atomic mass is 15.0. The van der Waals surface area contributed by atoms with Gasteiger partial charge in [-0.2, -0.15) is 0 Å². The molecule has 0 aromatic heterocycles. The van der Waals surface area contributed by atoms with Gasteiger partial charge in [0.25, 0.3) is 0 Å². The number of aliphatic imine (C=N–C) groups is 2. The lowest BCUT2D eigenvalue weighted by Crippen LogP contribution is -2.26. The minimum absolute atomic E-state index is 0.725. The van der Waals surface area contributed by atoms with E-state index >= 15 is 0 Å². The topological polar surface area (TPSA) is 36.8 Å². The van der Waals surface area contributed by atoms with Gasteiger partial charge in [0.05, 0.1) is 6.21 Å². The molecule has 0 aromatic rings. The molecule has 0 radical (unpaired) electrons. The molecule has 0 atom stereocenters. The summed E-state index contributed by atoms with van der Waals surface area (Å²) in [5.74, 6) is 0.768. The Kier molecular flexibility index (Phi) is 10.4. The Morgan fingerprint density at radius 3 is 2.44 bits per heavy atom. The quantitative estimate of drug-likeness (QED) is 0.435. The third-order valence-electron chi connectivity index (χ3n) is 2.03. The molecule has 1 N–H and O–H groups in total. The molecule has 0 bridgehead atoms. The fourth-order valence-corrected chi connectivity index (χ4v) is 1.18. The molecule has 0 aliphatic heterocycles. The maximum Gasteiger partial charge on any atom is 0.139 e. The molecule has 0 aliphatic carbocycles. The van der Waals surface area contributed by atoms with E-state index in [4.69, 9.17) is 0 Å². The lowest BCUT2D eigenvalue weighted by molar-refractivity contribution is 1.01. The zero-order valence-corrected chi connectivity index (χ0v) is 11.7. The minimum Gasteiger partial charge on any atom is -0.365 e. The van der Waals surface area contributed by atoms with Crippen LogP contribution in [0.5, 0.6) is 0 Å². The maximum absolute atomic E-state index is 4.13. The average Bonchev–Trinajstić information content (AvgIpc) is 2.39. The lowest BCUT2D eigenvalue weighted by atomic mass is 10.2. The van der Waals surface area contributed by atoms with E-state index in [-0.39, 0.29) is 0 Å². The van der Waals surface area contributed by atoms with Gasteiger partial charge in [0.15, 0.2) is 0 Å². The van der Waals surface area contributed by atoms with Crippen molar-refractivity contribution in [2.45, 2.75) is 20.8 Å². The van der Waals surface area contributed by atoms with Crippen LogP contribution in [-0.2, 0) is 0 Å². The zero-order chi connectivity index (χ0) is 13.6. The smallest absolute Gasteiger partial charge is 0.139 e. The van der Waals surface area contributed by atoms with Gasteiger partial charge in [-0.3, -0.25) is 9.98 Å². The predicted molar refractivity (Wildman–Crippen MR) is 82.4 cm³/mol. The molecular weight excluding hydrogens is 222 g/mol. The number of rotatable bonds is 6. The van der Waals surface area contributed by atoms with E-state index < -0.39 is 0 Å². The number of nitrogens with one attached hydrogen (secondary N) is 1. The highest BCUT2D eigenvalue weighted by Crippen LogP contribution is 1.96. The summed E-state index contributed by atoms with van der Waals surface area (Å²) in [5, 5.41) is 3.24. The van der Waals surface area contributed by atoms with Crippen molar-refractivity contribution >= 4 is 12.1 Å².